The third-order valence-electron chi connectivity index (χ3n) is 5.67. The number of nitrogen functional groups attached to an aromatic ring is 1. The van der Waals surface area contributed by atoms with Crippen molar-refractivity contribution in [3.8, 4) is 0 Å². The normalized spacial score (nSPS) is 15.3. The molecule has 1 aliphatic heterocycles. The molecule has 1 saturated heterocycles. The molecule has 1 fully saturated rings. The average molecular weight is 526 g/mol. The Morgan fingerprint density at radius 2 is 1.69 bits per heavy atom. The maximum Gasteiger partial charge on any atom is 0.417 e. The Labute approximate surface area is 206 Å². The van der Waals surface area contributed by atoms with Crippen molar-refractivity contribution in [2.75, 3.05) is 18.4 Å². The zero-order chi connectivity index (χ0) is 26.7. The third-order valence-corrected chi connectivity index (χ3v) is 7.63. The van der Waals surface area contributed by atoms with E-state index in [0.717, 1.165) is 10.4 Å². The summed E-state index contributed by atoms with van der Waals surface area (Å²) in [5.74, 6) is -1.53. The Bertz CT molecular complexity index is 1260. The van der Waals surface area contributed by atoms with Gasteiger partial charge in [0, 0.05) is 24.3 Å². The summed E-state index contributed by atoms with van der Waals surface area (Å²) in [5.41, 5.74) is 4.92. The molecule has 3 rings (SSSR count). The monoisotopic (exact) mass is 525 g/mol. The maximum atomic E-state index is 13.8. The van der Waals surface area contributed by atoms with Gasteiger partial charge < -0.3 is 16.4 Å². The summed E-state index contributed by atoms with van der Waals surface area (Å²) in [6.07, 6.45) is -4.36. The number of alkyl halides is 3. The van der Waals surface area contributed by atoms with Crippen LogP contribution in [0.5, 0.6) is 0 Å². The fraction of sp³-hybridized carbons (Fsp3) is 0.348. The summed E-state index contributed by atoms with van der Waals surface area (Å²) in [4.78, 5) is 23.7. The highest BCUT2D eigenvalue weighted by atomic mass is 32.2. The first-order valence-corrected chi connectivity index (χ1v) is 12.5. The van der Waals surface area contributed by atoms with E-state index in [2.05, 4.69) is 10.6 Å². The number of nitrogens with zero attached hydrogens (tertiary/aromatic N) is 1. The van der Waals surface area contributed by atoms with Crippen LogP contribution in [0, 0.1) is 5.41 Å². The van der Waals surface area contributed by atoms with E-state index < -0.39 is 50.9 Å². The fourth-order valence-corrected chi connectivity index (χ4v) is 5.50. The molecule has 0 aromatic heterocycles. The van der Waals surface area contributed by atoms with Crippen LogP contribution < -0.4 is 16.4 Å². The van der Waals surface area contributed by atoms with E-state index >= 15 is 0 Å². The second-order valence-corrected chi connectivity index (χ2v) is 10.3. The van der Waals surface area contributed by atoms with Gasteiger partial charge in [-0.25, -0.2) is 8.42 Å². The summed E-state index contributed by atoms with van der Waals surface area (Å²) in [6, 6.07) is 7.97. The highest BCUT2D eigenvalue weighted by Gasteiger charge is 2.40. The van der Waals surface area contributed by atoms with Gasteiger partial charge in [-0.1, -0.05) is 6.07 Å². The van der Waals surface area contributed by atoms with Crippen LogP contribution in [0.4, 0.5) is 18.9 Å². The molecule has 194 valence electrons. The molecule has 36 heavy (non-hydrogen) atoms. The van der Waals surface area contributed by atoms with Crippen molar-refractivity contribution in [2.45, 2.75) is 43.3 Å². The molecule has 0 radical (unpaired) electrons. The predicted octanol–water partition coefficient (Wildman–Crippen LogP) is 2.98. The zero-order valence-electron chi connectivity index (χ0n) is 19.4. The number of carbonyl (C=O) groups excluding carboxylic acids is 2. The van der Waals surface area contributed by atoms with E-state index in [1.165, 1.54) is 37.3 Å². The molecule has 13 heteroatoms. The van der Waals surface area contributed by atoms with Crippen LogP contribution in [0.3, 0.4) is 0 Å². The van der Waals surface area contributed by atoms with Gasteiger partial charge in [0.15, 0.2) is 0 Å². The van der Waals surface area contributed by atoms with E-state index in [0.29, 0.717) is 30.2 Å². The minimum Gasteiger partial charge on any atom is -0.384 e. The van der Waals surface area contributed by atoms with E-state index in [9.17, 15) is 31.2 Å². The lowest BCUT2D eigenvalue weighted by atomic mass is 10.0. The Balaban J connectivity index is 1.70. The van der Waals surface area contributed by atoms with Gasteiger partial charge in [-0.15, -0.1) is 0 Å². The van der Waals surface area contributed by atoms with Crippen LogP contribution in [0.15, 0.2) is 47.4 Å². The summed E-state index contributed by atoms with van der Waals surface area (Å²) in [7, 11) is -4.32. The molecule has 0 spiro atoms. The average Bonchev–Trinajstić information content (AvgIpc) is 3.34. The van der Waals surface area contributed by atoms with Gasteiger partial charge in [0.1, 0.15) is 12.3 Å². The zero-order valence-corrected chi connectivity index (χ0v) is 20.2. The number of benzene rings is 2. The Kier molecular flexibility index (Phi) is 8.04. The molecule has 0 unspecified atom stereocenters. The number of halogens is 3. The number of anilines is 1. The van der Waals surface area contributed by atoms with Crippen LogP contribution in [0.25, 0.3) is 0 Å². The van der Waals surface area contributed by atoms with Crippen molar-refractivity contribution in [1.82, 2.24) is 9.62 Å². The lowest BCUT2D eigenvalue weighted by molar-refractivity contribution is -0.140. The van der Waals surface area contributed by atoms with Crippen molar-refractivity contribution in [2.24, 2.45) is 5.73 Å². The predicted molar refractivity (Wildman–Crippen MR) is 127 cm³/mol. The number of hydrogen-bond acceptors (Lipinski definition) is 5. The van der Waals surface area contributed by atoms with E-state index in [1.807, 2.05) is 0 Å². The SMILES string of the molecule is C[C@H](NC(=O)CC(=O)Nc1ccc(C(=N)N)cc1)c1ccc(S(=O)(=O)N2CCCC2)c(C(F)(F)F)c1. The third kappa shape index (κ3) is 6.40. The molecule has 0 bridgehead atoms. The smallest absolute Gasteiger partial charge is 0.384 e. The van der Waals surface area contributed by atoms with Gasteiger partial charge in [0.2, 0.25) is 21.8 Å². The minimum absolute atomic E-state index is 0.0382. The van der Waals surface area contributed by atoms with Crippen LogP contribution >= 0.6 is 0 Å². The first-order valence-electron chi connectivity index (χ1n) is 11.0. The molecule has 0 aliphatic carbocycles. The van der Waals surface area contributed by atoms with Crippen molar-refractivity contribution in [3.05, 3.63) is 59.2 Å². The first-order chi connectivity index (χ1) is 16.8. The highest BCUT2D eigenvalue weighted by molar-refractivity contribution is 7.89. The summed E-state index contributed by atoms with van der Waals surface area (Å²) in [5, 5.41) is 12.3. The molecule has 2 amide bonds. The second-order valence-electron chi connectivity index (χ2n) is 8.37. The molecule has 1 atom stereocenters. The van der Waals surface area contributed by atoms with Crippen LogP contribution in [-0.4, -0.2) is 43.5 Å². The molecule has 0 saturated carbocycles. The minimum atomic E-state index is -4.93. The number of rotatable bonds is 8. The number of carbonyl (C=O) groups is 2. The fourth-order valence-electron chi connectivity index (χ4n) is 3.79. The molecule has 1 aliphatic rings. The van der Waals surface area contributed by atoms with Crippen molar-refractivity contribution >= 4 is 33.4 Å². The molecular formula is C23H26F3N5O4S. The van der Waals surface area contributed by atoms with Crippen molar-refractivity contribution in [1.29, 1.82) is 5.41 Å². The number of amidine groups is 1. The highest BCUT2D eigenvalue weighted by Crippen LogP contribution is 2.37. The second kappa shape index (κ2) is 10.7. The van der Waals surface area contributed by atoms with Gasteiger partial charge >= 0.3 is 6.18 Å². The van der Waals surface area contributed by atoms with E-state index in [1.54, 1.807) is 0 Å². The molecule has 1 heterocycles. The number of hydrogen-bond donors (Lipinski definition) is 4. The van der Waals surface area contributed by atoms with Crippen LogP contribution in [0.1, 0.15) is 48.9 Å². The Morgan fingerprint density at radius 1 is 1.08 bits per heavy atom. The number of nitrogens with one attached hydrogen (secondary N) is 3. The van der Waals surface area contributed by atoms with Gasteiger partial charge in [-0.2, -0.15) is 17.5 Å². The summed E-state index contributed by atoms with van der Waals surface area (Å²) < 4.78 is 67.9. The molecule has 2 aromatic carbocycles. The van der Waals surface area contributed by atoms with Gasteiger partial charge in [0.05, 0.1) is 16.5 Å². The van der Waals surface area contributed by atoms with Crippen molar-refractivity contribution in [3.63, 3.8) is 0 Å². The van der Waals surface area contributed by atoms with Crippen LogP contribution in [0.2, 0.25) is 0 Å². The lowest BCUT2D eigenvalue weighted by Crippen LogP contribution is -2.31. The number of sulfonamides is 1. The maximum absolute atomic E-state index is 13.8. The first kappa shape index (κ1) is 27.1. The summed E-state index contributed by atoms with van der Waals surface area (Å²) >= 11 is 0. The van der Waals surface area contributed by atoms with Crippen LogP contribution in [-0.2, 0) is 25.8 Å². The van der Waals surface area contributed by atoms with Crippen molar-refractivity contribution < 1.29 is 31.2 Å². The Hall–Kier alpha value is -3.45. The molecule has 5 N–H and O–H groups in total. The number of amides is 2. The molecule has 2 aromatic rings. The van der Waals surface area contributed by atoms with Gasteiger partial charge in [0.25, 0.3) is 0 Å². The van der Waals surface area contributed by atoms with Gasteiger partial charge in [-0.05, 0) is 61.7 Å². The Morgan fingerprint density at radius 3 is 2.25 bits per heavy atom. The lowest BCUT2D eigenvalue weighted by Gasteiger charge is -2.21. The largest absolute Gasteiger partial charge is 0.417 e. The van der Waals surface area contributed by atoms with E-state index in [4.69, 9.17) is 11.1 Å². The topological polar surface area (TPSA) is 145 Å². The number of nitrogens with two attached hydrogens (primary N) is 1. The molecule has 9 nitrogen and oxygen atoms in total. The van der Waals surface area contributed by atoms with Gasteiger partial charge in [-0.3, -0.25) is 15.0 Å². The standard InChI is InChI=1S/C23H26F3N5O4S/c1-14(29-20(32)13-21(33)30-17-7-4-15(5-8-17)22(27)28)16-6-9-19(18(12-16)23(24,25)26)36(34,35)31-10-2-3-11-31/h4-9,12,14H,2-3,10-11,13H2,1H3,(H3,27,28)(H,29,32)(H,30,33)/t14-/m0/s1. The molecular weight excluding hydrogens is 499 g/mol. The van der Waals surface area contributed by atoms with E-state index in [-0.39, 0.29) is 24.5 Å². The summed E-state index contributed by atoms with van der Waals surface area (Å²) in [6.45, 7) is 1.76. The quantitative estimate of drug-likeness (QED) is 0.238.